The fourth-order valence-electron chi connectivity index (χ4n) is 2.16. The van der Waals surface area contributed by atoms with Crippen molar-refractivity contribution in [2.75, 3.05) is 27.2 Å². The Balaban J connectivity index is 2.62. The Labute approximate surface area is 124 Å². The van der Waals surface area contributed by atoms with Crippen LogP contribution in [-0.2, 0) is 9.59 Å². The minimum atomic E-state index is -1.17. The van der Waals surface area contributed by atoms with Gasteiger partial charge in [0.2, 0.25) is 0 Å². The van der Waals surface area contributed by atoms with E-state index in [1.807, 2.05) is 7.05 Å². The van der Waals surface area contributed by atoms with E-state index >= 15 is 0 Å². The number of urea groups is 1. The van der Waals surface area contributed by atoms with Gasteiger partial charge in [-0.05, 0) is 46.8 Å². The van der Waals surface area contributed by atoms with E-state index in [0.717, 1.165) is 25.9 Å². The van der Waals surface area contributed by atoms with E-state index in [-0.39, 0.29) is 17.2 Å². The molecule has 0 spiro atoms. The summed E-state index contributed by atoms with van der Waals surface area (Å²) in [5.41, 5.74) is -0.0325. The lowest BCUT2D eigenvalue weighted by atomic mass is 10.0. The van der Waals surface area contributed by atoms with E-state index < -0.39 is 17.9 Å². The highest BCUT2D eigenvalue weighted by Gasteiger charge is 2.25. The number of carbonyl (C=O) groups excluding carboxylic acids is 2. The van der Waals surface area contributed by atoms with Gasteiger partial charge in [-0.25, -0.2) is 9.59 Å². The zero-order valence-electron chi connectivity index (χ0n) is 13.0. The molecule has 0 aliphatic carbocycles. The number of hydrogen-bond donors (Lipinski definition) is 2. The van der Waals surface area contributed by atoms with Crippen molar-refractivity contribution in [2.24, 2.45) is 0 Å². The summed E-state index contributed by atoms with van der Waals surface area (Å²) in [5, 5.41) is 11.1. The van der Waals surface area contributed by atoms with Gasteiger partial charge < -0.3 is 14.9 Å². The predicted molar refractivity (Wildman–Crippen MR) is 77.8 cm³/mol. The summed E-state index contributed by atoms with van der Waals surface area (Å²) >= 11 is 0. The lowest BCUT2D eigenvalue weighted by Gasteiger charge is -2.34. The van der Waals surface area contributed by atoms with Crippen molar-refractivity contribution in [3.63, 3.8) is 0 Å². The molecule has 1 aliphatic rings. The number of aliphatic carboxylic acids is 1. The number of carboxylic acids is 1. The standard InChI is InChI=1S/C14H23N3O4/c1-9(10(2)13(19)20)12(18)15-14(21)17(4)11-5-7-16(3)8-6-11/h11H,5-8H2,1-4H3,(H,19,20)(H,15,18,21). The quantitative estimate of drug-likeness (QED) is 0.747. The number of imide groups is 1. The largest absolute Gasteiger partial charge is 0.478 e. The molecular weight excluding hydrogens is 274 g/mol. The first-order valence-electron chi connectivity index (χ1n) is 6.91. The van der Waals surface area contributed by atoms with Crippen LogP contribution in [0.3, 0.4) is 0 Å². The lowest BCUT2D eigenvalue weighted by molar-refractivity contribution is -0.133. The summed E-state index contributed by atoms with van der Waals surface area (Å²) < 4.78 is 0. The second-order valence-electron chi connectivity index (χ2n) is 5.46. The minimum Gasteiger partial charge on any atom is -0.478 e. The van der Waals surface area contributed by atoms with Gasteiger partial charge in [0.1, 0.15) is 0 Å². The summed E-state index contributed by atoms with van der Waals surface area (Å²) in [7, 11) is 3.68. The van der Waals surface area contributed by atoms with Gasteiger partial charge in [-0.2, -0.15) is 0 Å². The van der Waals surface area contributed by atoms with E-state index in [0.29, 0.717) is 0 Å². The molecule has 21 heavy (non-hydrogen) atoms. The number of likely N-dealkylation sites (tertiary alicyclic amines) is 1. The lowest BCUT2D eigenvalue weighted by Crippen LogP contribution is -2.49. The number of nitrogens with one attached hydrogen (secondary N) is 1. The molecule has 3 amide bonds. The van der Waals surface area contributed by atoms with Crippen LogP contribution in [0, 0.1) is 0 Å². The molecule has 0 saturated carbocycles. The first kappa shape index (κ1) is 17.2. The molecule has 1 rings (SSSR count). The van der Waals surface area contributed by atoms with Gasteiger partial charge >= 0.3 is 12.0 Å². The highest BCUT2D eigenvalue weighted by molar-refractivity contribution is 6.07. The van der Waals surface area contributed by atoms with Crippen LogP contribution in [0.15, 0.2) is 11.1 Å². The van der Waals surface area contributed by atoms with Crippen LogP contribution < -0.4 is 5.32 Å². The van der Waals surface area contributed by atoms with Gasteiger partial charge in [0.25, 0.3) is 5.91 Å². The van der Waals surface area contributed by atoms with Crippen molar-refractivity contribution in [1.29, 1.82) is 0 Å². The van der Waals surface area contributed by atoms with Crippen molar-refractivity contribution in [1.82, 2.24) is 15.1 Å². The molecule has 7 heteroatoms. The summed E-state index contributed by atoms with van der Waals surface area (Å²) in [4.78, 5) is 38.4. The zero-order valence-corrected chi connectivity index (χ0v) is 13.0. The molecule has 1 aliphatic heterocycles. The molecular formula is C14H23N3O4. The monoisotopic (exact) mass is 297 g/mol. The van der Waals surface area contributed by atoms with Gasteiger partial charge in [0, 0.05) is 24.2 Å². The van der Waals surface area contributed by atoms with Crippen LogP contribution >= 0.6 is 0 Å². The van der Waals surface area contributed by atoms with Crippen LogP contribution in [0.5, 0.6) is 0 Å². The molecule has 1 saturated heterocycles. The Hall–Kier alpha value is -1.89. The molecule has 118 valence electrons. The Morgan fingerprint density at radius 2 is 1.67 bits per heavy atom. The molecule has 2 N–H and O–H groups in total. The maximum atomic E-state index is 12.0. The third kappa shape index (κ3) is 4.56. The average molecular weight is 297 g/mol. The van der Waals surface area contributed by atoms with Crippen LogP contribution in [0.25, 0.3) is 0 Å². The van der Waals surface area contributed by atoms with Gasteiger partial charge in [0.15, 0.2) is 0 Å². The molecule has 0 radical (unpaired) electrons. The van der Waals surface area contributed by atoms with E-state index in [4.69, 9.17) is 5.11 Å². The highest BCUT2D eigenvalue weighted by atomic mass is 16.4. The Kier molecular flexibility index (Phi) is 5.90. The van der Waals surface area contributed by atoms with Gasteiger partial charge in [-0.3, -0.25) is 10.1 Å². The van der Waals surface area contributed by atoms with Crippen molar-refractivity contribution >= 4 is 17.9 Å². The molecule has 0 aromatic rings. The molecule has 0 bridgehead atoms. The van der Waals surface area contributed by atoms with Crippen LogP contribution in [0.1, 0.15) is 26.7 Å². The van der Waals surface area contributed by atoms with E-state index in [1.165, 1.54) is 18.7 Å². The molecule has 1 heterocycles. The fraction of sp³-hybridized carbons (Fsp3) is 0.643. The first-order valence-corrected chi connectivity index (χ1v) is 6.91. The summed E-state index contributed by atoms with van der Waals surface area (Å²) in [6.07, 6.45) is 1.72. The third-order valence-corrected chi connectivity index (χ3v) is 4.00. The first-order chi connectivity index (χ1) is 9.73. The number of piperidine rings is 1. The minimum absolute atomic E-state index is 0.0348. The SMILES string of the molecule is CC(C(=O)O)=C(C)C(=O)NC(=O)N(C)C1CCN(C)CC1. The number of nitrogens with zero attached hydrogens (tertiary/aromatic N) is 2. The maximum Gasteiger partial charge on any atom is 0.331 e. The van der Waals surface area contributed by atoms with Crippen LogP contribution in [0.4, 0.5) is 4.79 Å². The Morgan fingerprint density at radius 1 is 1.14 bits per heavy atom. The second-order valence-corrected chi connectivity index (χ2v) is 5.46. The van der Waals surface area contributed by atoms with Gasteiger partial charge in [-0.15, -0.1) is 0 Å². The Bertz CT molecular complexity index is 465. The van der Waals surface area contributed by atoms with Crippen molar-refractivity contribution in [2.45, 2.75) is 32.7 Å². The molecule has 0 atom stereocenters. The van der Waals surface area contributed by atoms with E-state index in [1.54, 1.807) is 7.05 Å². The van der Waals surface area contributed by atoms with Gasteiger partial charge in [-0.1, -0.05) is 0 Å². The maximum absolute atomic E-state index is 12.0. The number of amides is 3. The van der Waals surface area contributed by atoms with E-state index in [9.17, 15) is 14.4 Å². The predicted octanol–water partition coefficient (Wildman–Crippen LogP) is 0.670. The van der Waals surface area contributed by atoms with Crippen molar-refractivity contribution in [3.05, 3.63) is 11.1 Å². The summed E-state index contributed by atoms with van der Waals surface area (Å²) in [6, 6.07) is -0.397. The number of rotatable bonds is 3. The Morgan fingerprint density at radius 3 is 2.14 bits per heavy atom. The molecule has 7 nitrogen and oxygen atoms in total. The normalized spacial score (nSPS) is 17.9. The second kappa shape index (κ2) is 7.21. The van der Waals surface area contributed by atoms with E-state index in [2.05, 4.69) is 10.2 Å². The van der Waals surface area contributed by atoms with Crippen LogP contribution in [-0.4, -0.2) is 66.0 Å². The van der Waals surface area contributed by atoms with Crippen LogP contribution in [0.2, 0.25) is 0 Å². The zero-order chi connectivity index (χ0) is 16.2. The summed E-state index contributed by atoms with van der Waals surface area (Å²) in [6.45, 7) is 4.55. The average Bonchev–Trinajstić information content (AvgIpc) is 2.45. The van der Waals surface area contributed by atoms with Crippen molar-refractivity contribution in [3.8, 4) is 0 Å². The smallest absolute Gasteiger partial charge is 0.331 e. The van der Waals surface area contributed by atoms with Gasteiger partial charge in [0.05, 0.1) is 0 Å². The fourth-order valence-corrected chi connectivity index (χ4v) is 2.16. The summed E-state index contributed by atoms with van der Waals surface area (Å²) in [5.74, 6) is -1.83. The molecule has 0 unspecified atom stereocenters. The number of hydrogen-bond acceptors (Lipinski definition) is 4. The number of carbonyl (C=O) groups is 3. The molecule has 0 aromatic carbocycles. The highest BCUT2D eigenvalue weighted by Crippen LogP contribution is 2.14. The molecule has 0 aromatic heterocycles. The number of carboxylic acid groups (broad SMARTS) is 1. The van der Waals surface area contributed by atoms with Crippen molar-refractivity contribution < 1.29 is 19.5 Å². The topological polar surface area (TPSA) is 89.9 Å². The molecule has 1 fully saturated rings. The third-order valence-electron chi connectivity index (χ3n) is 4.00.